The number of aromatic nitrogens is 1. The molecule has 20 heavy (non-hydrogen) atoms. The van der Waals surface area contributed by atoms with Crippen molar-refractivity contribution in [2.24, 2.45) is 0 Å². The van der Waals surface area contributed by atoms with Gasteiger partial charge in [0.25, 0.3) is 0 Å². The van der Waals surface area contributed by atoms with Crippen molar-refractivity contribution in [1.82, 2.24) is 15.2 Å². The summed E-state index contributed by atoms with van der Waals surface area (Å²) in [5.41, 5.74) is 1.04. The van der Waals surface area contributed by atoms with Crippen LogP contribution in [-0.4, -0.2) is 39.1 Å². The fourth-order valence-electron chi connectivity index (χ4n) is 1.71. The molecule has 6 heteroatoms. The van der Waals surface area contributed by atoms with Crippen LogP contribution in [0.1, 0.15) is 32.2 Å². The van der Waals surface area contributed by atoms with E-state index in [2.05, 4.69) is 10.3 Å². The van der Waals surface area contributed by atoms with E-state index in [1.54, 1.807) is 20.8 Å². The maximum absolute atomic E-state index is 12.1. The number of carbonyl (C=O) groups is 2. The normalized spacial score (nSPS) is 11.0. The zero-order chi connectivity index (χ0) is 15.3. The Bertz CT molecular complexity index is 495. The molecule has 1 rings (SSSR count). The molecule has 1 aromatic rings. The topological polar surface area (TPSA) is 82.5 Å². The lowest BCUT2D eigenvalue weighted by atomic mass is 10.1. The molecule has 0 aliphatic heterocycles. The molecule has 2 amide bonds. The Kier molecular flexibility index (Phi) is 5.07. The zero-order valence-electron chi connectivity index (χ0n) is 12.3. The van der Waals surface area contributed by atoms with Gasteiger partial charge in [0.15, 0.2) is 0 Å². The first-order valence-electron chi connectivity index (χ1n) is 6.40. The molecule has 1 heterocycles. The lowest BCUT2D eigenvalue weighted by molar-refractivity contribution is -0.138. The Balaban J connectivity index is 2.69. The predicted octanol–water partition coefficient (Wildman–Crippen LogP) is 1.78. The summed E-state index contributed by atoms with van der Waals surface area (Å²) in [6.07, 6.45) is 0. The van der Waals surface area contributed by atoms with Crippen LogP contribution in [0, 0.1) is 6.92 Å². The van der Waals surface area contributed by atoms with Gasteiger partial charge in [0.2, 0.25) is 0 Å². The van der Waals surface area contributed by atoms with Gasteiger partial charge in [-0.3, -0.25) is 9.78 Å². The summed E-state index contributed by atoms with van der Waals surface area (Å²) in [4.78, 5) is 28.5. The Labute approximate surface area is 118 Å². The molecule has 0 aliphatic carbocycles. The van der Waals surface area contributed by atoms with Gasteiger partial charge in [-0.25, -0.2) is 4.79 Å². The molecule has 0 fully saturated rings. The van der Waals surface area contributed by atoms with Crippen molar-refractivity contribution >= 4 is 12.0 Å². The molecule has 0 saturated carbocycles. The van der Waals surface area contributed by atoms with E-state index in [0.717, 1.165) is 11.4 Å². The number of urea groups is 1. The Morgan fingerprint density at radius 2 is 2.00 bits per heavy atom. The van der Waals surface area contributed by atoms with Crippen molar-refractivity contribution in [2.45, 2.75) is 39.8 Å². The summed E-state index contributed by atoms with van der Waals surface area (Å²) in [6, 6.07) is 5.13. The fourth-order valence-corrected chi connectivity index (χ4v) is 1.71. The maximum Gasteiger partial charge on any atom is 0.323 e. The number of carboxylic acids is 1. The number of pyridine rings is 1. The fraction of sp³-hybridized carbons (Fsp3) is 0.500. The molecule has 0 radical (unpaired) electrons. The molecule has 1 aromatic heterocycles. The average molecular weight is 279 g/mol. The minimum absolute atomic E-state index is 0.271. The van der Waals surface area contributed by atoms with Crippen LogP contribution < -0.4 is 5.32 Å². The van der Waals surface area contributed by atoms with E-state index < -0.39 is 17.5 Å². The van der Waals surface area contributed by atoms with Crippen molar-refractivity contribution in [1.29, 1.82) is 0 Å². The van der Waals surface area contributed by atoms with Crippen molar-refractivity contribution in [2.75, 3.05) is 6.54 Å². The number of nitrogens with one attached hydrogen (secondary N) is 1. The van der Waals surface area contributed by atoms with Crippen LogP contribution in [0.2, 0.25) is 0 Å². The Hall–Kier alpha value is -2.11. The SMILES string of the molecule is Cc1cccc(CNC(=O)N(CC(=O)O)C(C)(C)C)n1. The van der Waals surface area contributed by atoms with Gasteiger partial charge in [0.05, 0.1) is 12.2 Å². The van der Waals surface area contributed by atoms with Crippen LogP contribution in [0.5, 0.6) is 0 Å². The summed E-state index contributed by atoms with van der Waals surface area (Å²) in [6.45, 7) is 7.18. The highest BCUT2D eigenvalue weighted by Gasteiger charge is 2.28. The van der Waals surface area contributed by atoms with Gasteiger partial charge in [-0.2, -0.15) is 0 Å². The largest absolute Gasteiger partial charge is 0.480 e. The molecule has 110 valence electrons. The summed E-state index contributed by atoms with van der Waals surface area (Å²) in [7, 11) is 0. The molecule has 0 aromatic carbocycles. The standard InChI is InChI=1S/C14H21N3O3/c1-10-6-5-7-11(16-10)8-15-13(20)17(9-12(18)19)14(2,3)4/h5-7H,8-9H2,1-4H3,(H,15,20)(H,18,19). The average Bonchev–Trinajstić information content (AvgIpc) is 2.31. The van der Waals surface area contributed by atoms with Crippen molar-refractivity contribution in [3.63, 3.8) is 0 Å². The number of nitrogens with zero attached hydrogens (tertiary/aromatic N) is 2. The highest BCUT2D eigenvalue weighted by atomic mass is 16.4. The second-order valence-electron chi connectivity index (χ2n) is 5.58. The molecule has 0 aliphatic rings. The smallest absolute Gasteiger partial charge is 0.323 e. The highest BCUT2D eigenvalue weighted by Crippen LogP contribution is 2.13. The van der Waals surface area contributed by atoms with Crippen LogP contribution >= 0.6 is 0 Å². The number of rotatable bonds is 4. The first-order valence-corrected chi connectivity index (χ1v) is 6.40. The summed E-state index contributed by atoms with van der Waals surface area (Å²) in [5, 5.41) is 11.6. The Morgan fingerprint density at radius 3 is 2.50 bits per heavy atom. The third-order valence-electron chi connectivity index (χ3n) is 2.72. The van der Waals surface area contributed by atoms with E-state index in [0.29, 0.717) is 0 Å². The Morgan fingerprint density at radius 1 is 1.35 bits per heavy atom. The van der Waals surface area contributed by atoms with Gasteiger partial charge in [0, 0.05) is 11.2 Å². The first kappa shape index (κ1) is 15.9. The van der Waals surface area contributed by atoms with Crippen molar-refractivity contribution in [3.8, 4) is 0 Å². The molecule has 6 nitrogen and oxygen atoms in total. The van der Waals surface area contributed by atoms with Crippen LogP contribution in [0.4, 0.5) is 4.79 Å². The first-order chi connectivity index (χ1) is 9.20. The van der Waals surface area contributed by atoms with Crippen LogP contribution in [0.3, 0.4) is 0 Å². The van der Waals surface area contributed by atoms with E-state index in [4.69, 9.17) is 5.11 Å². The van der Waals surface area contributed by atoms with E-state index in [9.17, 15) is 9.59 Å². The molecule has 0 bridgehead atoms. The van der Waals surface area contributed by atoms with Crippen LogP contribution in [-0.2, 0) is 11.3 Å². The number of carboxylic acid groups (broad SMARTS) is 1. The monoisotopic (exact) mass is 279 g/mol. The number of aryl methyl sites for hydroxylation is 1. The molecular formula is C14H21N3O3. The van der Waals surface area contributed by atoms with E-state index in [1.165, 1.54) is 4.90 Å². The molecular weight excluding hydrogens is 258 g/mol. The van der Waals surface area contributed by atoms with Gasteiger partial charge in [-0.05, 0) is 39.8 Å². The van der Waals surface area contributed by atoms with Crippen LogP contribution in [0.15, 0.2) is 18.2 Å². The number of hydrogen-bond donors (Lipinski definition) is 2. The number of hydrogen-bond acceptors (Lipinski definition) is 3. The molecule has 0 atom stereocenters. The summed E-state index contributed by atoms with van der Waals surface area (Å²) >= 11 is 0. The predicted molar refractivity (Wildman–Crippen MR) is 75.3 cm³/mol. The van der Waals surface area contributed by atoms with Gasteiger partial charge < -0.3 is 15.3 Å². The lowest BCUT2D eigenvalue weighted by Crippen LogP contribution is -2.52. The molecule has 2 N–H and O–H groups in total. The maximum atomic E-state index is 12.1. The second kappa shape index (κ2) is 6.36. The van der Waals surface area contributed by atoms with Gasteiger partial charge in [-0.1, -0.05) is 6.07 Å². The van der Waals surface area contributed by atoms with E-state index in [-0.39, 0.29) is 13.1 Å². The molecule has 0 saturated heterocycles. The summed E-state index contributed by atoms with van der Waals surface area (Å²) < 4.78 is 0. The lowest BCUT2D eigenvalue weighted by Gasteiger charge is -2.34. The van der Waals surface area contributed by atoms with E-state index in [1.807, 2.05) is 25.1 Å². The number of aliphatic carboxylic acids is 1. The molecule has 0 spiro atoms. The second-order valence-corrected chi connectivity index (χ2v) is 5.58. The quantitative estimate of drug-likeness (QED) is 0.880. The number of carbonyl (C=O) groups excluding carboxylic acids is 1. The van der Waals surface area contributed by atoms with E-state index >= 15 is 0 Å². The third kappa shape index (κ3) is 4.87. The minimum atomic E-state index is -1.04. The third-order valence-corrected chi connectivity index (χ3v) is 2.72. The van der Waals surface area contributed by atoms with Crippen LogP contribution in [0.25, 0.3) is 0 Å². The van der Waals surface area contributed by atoms with Crippen molar-refractivity contribution in [3.05, 3.63) is 29.6 Å². The zero-order valence-corrected chi connectivity index (χ0v) is 12.3. The van der Waals surface area contributed by atoms with Crippen molar-refractivity contribution < 1.29 is 14.7 Å². The summed E-state index contributed by atoms with van der Waals surface area (Å²) in [5.74, 6) is -1.04. The minimum Gasteiger partial charge on any atom is -0.480 e. The molecule has 0 unspecified atom stereocenters. The van der Waals surface area contributed by atoms with Gasteiger partial charge in [-0.15, -0.1) is 0 Å². The number of amides is 2. The highest BCUT2D eigenvalue weighted by molar-refractivity contribution is 5.80. The van der Waals surface area contributed by atoms with Gasteiger partial charge >= 0.3 is 12.0 Å². The van der Waals surface area contributed by atoms with Gasteiger partial charge in [0.1, 0.15) is 6.54 Å².